The number of fused-ring (bicyclic) bond motifs is 2. The highest BCUT2D eigenvalue weighted by Crippen LogP contribution is 2.32. The largest absolute Gasteiger partial charge is 0.345 e. The molecular formula is C17H19N5O. The van der Waals surface area contributed by atoms with Gasteiger partial charge in [-0.15, -0.1) is 0 Å². The summed E-state index contributed by atoms with van der Waals surface area (Å²) in [6.45, 7) is 2.01. The van der Waals surface area contributed by atoms with E-state index in [1.165, 1.54) is 11.3 Å². The standard InChI is InChI=1S/C17H19N5O/c1-11-16-13(6-5-8-15(16)21(2)20-11)19-17(23)12-10-18-22-9-4-3-7-14(12)22/h3-4,7,9-10,13H,5-6,8H2,1-2H3,(H,19,23). The molecule has 1 atom stereocenters. The van der Waals surface area contributed by atoms with Crippen molar-refractivity contribution in [2.45, 2.75) is 32.2 Å². The Labute approximate surface area is 134 Å². The van der Waals surface area contributed by atoms with Crippen LogP contribution in [0, 0.1) is 6.92 Å². The molecule has 0 radical (unpaired) electrons. The summed E-state index contributed by atoms with van der Waals surface area (Å²) in [4.78, 5) is 12.7. The molecule has 3 aromatic heterocycles. The molecule has 3 heterocycles. The summed E-state index contributed by atoms with van der Waals surface area (Å²) in [5.74, 6) is -0.0766. The van der Waals surface area contributed by atoms with E-state index in [9.17, 15) is 4.79 Å². The van der Waals surface area contributed by atoms with Gasteiger partial charge in [0.1, 0.15) is 0 Å². The smallest absolute Gasteiger partial charge is 0.255 e. The molecule has 23 heavy (non-hydrogen) atoms. The minimum Gasteiger partial charge on any atom is -0.345 e. The monoisotopic (exact) mass is 309 g/mol. The molecule has 3 aromatic rings. The number of nitrogens with one attached hydrogen (secondary N) is 1. The molecule has 0 fully saturated rings. The topological polar surface area (TPSA) is 64.2 Å². The van der Waals surface area contributed by atoms with Gasteiger partial charge >= 0.3 is 0 Å². The van der Waals surface area contributed by atoms with Crippen molar-refractivity contribution < 1.29 is 4.79 Å². The Hall–Kier alpha value is -2.63. The van der Waals surface area contributed by atoms with E-state index in [-0.39, 0.29) is 11.9 Å². The van der Waals surface area contributed by atoms with Crippen LogP contribution < -0.4 is 5.32 Å². The van der Waals surface area contributed by atoms with Crippen molar-refractivity contribution in [3.05, 3.63) is 53.1 Å². The summed E-state index contributed by atoms with van der Waals surface area (Å²) >= 11 is 0. The third-order valence-corrected chi connectivity index (χ3v) is 4.62. The van der Waals surface area contributed by atoms with Gasteiger partial charge in [-0.05, 0) is 38.3 Å². The lowest BCUT2D eigenvalue weighted by Gasteiger charge is -2.24. The number of aromatic nitrogens is 4. The number of amides is 1. The molecule has 1 aliphatic carbocycles. The van der Waals surface area contributed by atoms with Crippen LogP contribution in [0.25, 0.3) is 5.52 Å². The van der Waals surface area contributed by atoms with Crippen molar-refractivity contribution >= 4 is 11.4 Å². The van der Waals surface area contributed by atoms with Crippen LogP contribution in [-0.4, -0.2) is 25.3 Å². The second kappa shape index (κ2) is 5.22. The van der Waals surface area contributed by atoms with Gasteiger partial charge in [-0.2, -0.15) is 10.2 Å². The van der Waals surface area contributed by atoms with Crippen molar-refractivity contribution in [1.29, 1.82) is 0 Å². The Bertz CT molecular complexity index is 892. The molecule has 0 bridgehead atoms. The fraction of sp³-hybridized carbons (Fsp3) is 0.353. The molecule has 0 saturated heterocycles. The Morgan fingerprint density at radius 3 is 3.13 bits per heavy atom. The van der Waals surface area contributed by atoms with E-state index in [1.807, 2.05) is 43.0 Å². The first kappa shape index (κ1) is 14.0. The second-order valence-electron chi connectivity index (χ2n) is 6.08. The number of aryl methyl sites for hydroxylation is 2. The zero-order chi connectivity index (χ0) is 16.0. The van der Waals surface area contributed by atoms with E-state index in [1.54, 1.807) is 10.7 Å². The van der Waals surface area contributed by atoms with Gasteiger partial charge in [0.05, 0.1) is 29.0 Å². The molecule has 1 aliphatic rings. The number of hydrogen-bond acceptors (Lipinski definition) is 3. The first-order valence-electron chi connectivity index (χ1n) is 7.91. The van der Waals surface area contributed by atoms with Crippen LogP contribution >= 0.6 is 0 Å². The molecule has 118 valence electrons. The third kappa shape index (κ3) is 2.21. The van der Waals surface area contributed by atoms with Crippen LogP contribution in [0.1, 0.15) is 46.2 Å². The van der Waals surface area contributed by atoms with Crippen LogP contribution in [-0.2, 0) is 13.5 Å². The van der Waals surface area contributed by atoms with Crippen molar-refractivity contribution in [2.75, 3.05) is 0 Å². The minimum absolute atomic E-state index is 0.0265. The molecule has 0 aliphatic heterocycles. The van der Waals surface area contributed by atoms with E-state index < -0.39 is 0 Å². The highest BCUT2D eigenvalue weighted by molar-refractivity contribution is 6.00. The molecule has 1 amide bonds. The quantitative estimate of drug-likeness (QED) is 0.789. The SMILES string of the molecule is Cc1nn(C)c2c1C(NC(=O)c1cnn3ccccc13)CCC2. The van der Waals surface area contributed by atoms with Crippen LogP contribution in [0.4, 0.5) is 0 Å². The maximum Gasteiger partial charge on any atom is 0.255 e. The predicted molar refractivity (Wildman–Crippen MR) is 86.3 cm³/mol. The summed E-state index contributed by atoms with van der Waals surface area (Å²) in [5.41, 5.74) is 4.86. The maximum atomic E-state index is 12.7. The van der Waals surface area contributed by atoms with Gasteiger partial charge in [0.15, 0.2) is 0 Å². The molecule has 0 aromatic carbocycles. The van der Waals surface area contributed by atoms with E-state index in [2.05, 4.69) is 15.5 Å². The Kier molecular flexibility index (Phi) is 3.18. The number of carbonyl (C=O) groups is 1. The zero-order valence-electron chi connectivity index (χ0n) is 13.3. The van der Waals surface area contributed by atoms with E-state index in [4.69, 9.17) is 0 Å². The molecule has 1 N–H and O–H groups in total. The fourth-order valence-electron chi connectivity index (χ4n) is 3.58. The Morgan fingerprint density at radius 1 is 1.39 bits per heavy atom. The average Bonchev–Trinajstić information content (AvgIpc) is 3.10. The maximum absolute atomic E-state index is 12.7. The molecule has 0 spiro atoms. The summed E-state index contributed by atoms with van der Waals surface area (Å²) in [5, 5.41) is 11.9. The Morgan fingerprint density at radius 2 is 2.26 bits per heavy atom. The first-order chi connectivity index (χ1) is 11.1. The van der Waals surface area contributed by atoms with E-state index >= 15 is 0 Å². The molecule has 4 rings (SSSR count). The third-order valence-electron chi connectivity index (χ3n) is 4.62. The summed E-state index contributed by atoms with van der Waals surface area (Å²) < 4.78 is 3.66. The molecule has 0 saturated carbocycles. The van der Waals surface area contributed by atoms with Gasteiger partial charge in [-0.25, -0.2) is 4.52 Å². The zero-order valence-corrected chi connectivity index (χ0v) is 13.3. The minimum atomic E-state index is -0.0766. The average molecular weight is 309 g/mol. The summed E-state index contributed by atoms with van der Waals surface area (Å²) in [6, 6.07) is 5.74. The number of rotatable bonds is 2. The van der Waals surface area contributed by atoms with Crippen molar-refractivity contribution in [3.63, 3.8) is 0 Å². The highest BCUT2D eigenvalue weighted by atomic mass is 16.1. The van der Waals surface area contributed by atoms with Gasteiger partial charge in [-0.1, -0.05) is 6.07 Å². The van der Waals surface area contributed by atoms with E-state index in [0.29, 0.717) is 5.56 Å². The highest BCUT2D eigenvalue weighted by Gasteiger charge is 2.28. The molecule has 6 nitrogen and oxygen atoms in total. The predicted octanol–water partition coefficient (Wildman–Crippen LogP) is 2.18. The summed E-state index contributed by atoms with van der Waals surface area (Å²) in [6.07, 6.45) is 6.51. The van der Waals surface area contributed by atoms with Gasteiger partial charge in [0.25, 0.3) is 5.91 Å². The lowest BCUT2D eigenvalue weighted by atomic mass is 9.91. The van der Waals surface area contributed by atoms with Crippen molar-refractivity contribution in [3.8, 4) is 0 Å². The van der Waals surface area contributed by atoms with Gasteiger partial charge in [0.2, 0.25) is 0 Å². The fourth-order valence-corrected chi connectivity index (χ4v) is 3.58. The van der Waals surface area contributed by atoms with Crippen LogP contribution in [0.3, 0.4) is 0 Å². The van der Waals surface area contributed by atoms with Crippen LogP contribution in [0.2, 0.25) is 0 Å². The number of nitrogens with zero attached hydrogens (tertiary/aromatic N) is 4. The summed E-state index contributed by atoms with van der Waals surface area (Å²) in [7, 11) is 1.97. The van der Waals surface area contributed by atoms with Crippen molar-refractivity contribution in [1.82, 2.24) is 24.7 Å². The Balaban J connectivity index is 1.66. The van der Waals surface area contributed by atoms with Crippen LogP contribution in [0.5, 0.6) is 0 Å². The number of hydrogen-bond donors (Lipinski definition) is 1. The normalized spacial score (nSPS) is 17.2. The van der Waals surface area contributed by atoms with Gasteiger partial charge < -0.3 is 5.32 Å². The van der Waals surface area contributed by atoms with E-state index in [0.717, 1.165) is 30.5 Å². The molecule has 6 heteroatoms. The van der Waals surface area contributed by atoms with Gasteiger partial charge in [-0.3, -0.25) is 9.48 Å². The van der Waals surface area contributed by atoms with Gasteiger partial charge in [0, 0.05) is 24.5 Å². The lowest BCUT2D eigenvalue weighted by molar-refractivity contribution is 0.0934. The lowest BCUT2D eigenvalue weighted by Crippen LogP contribution is -2.31. The molecular weight excluding hydrogens is 290 g/mol. The van der Waals surface area contributed by atoms with Crippen LogP contribution in [0.15, 0.2) is 30.6 Å². The number of pyridine rings is 1. The van der Waals surface area contributed by atoms with Crippen molar-refractivity contribution in [2.24, 2.45) is 7.05 Å². The first-order valence-corrected chi connectivity index (χ1v) is 7.91. The number of carbonyl (C=O) groups excluding carboxylic acids is 1. The second-order valence-corrected chi connectivity index (χ2v) is 6.08. The molecule has 1 unspecified atom stereocenters.